The van der Waals surface area contributed by atoms with Crippen molar-refractivity contribution >= 4 is 46.7 Å². The van der Waals surface area contributed by atoms with Gasteiger partial charge in [-0.25, -0.2) is 0 Å². The molecule has 0 fully saturated rings. The number of aliphatic hydroxyl groups is 1. The summed E-state index contributed by atoms with van der Waals surface area (Å²) in [4.78, 5) is 51.0. The van der Waals surface area contributed by atoms with Crippen LogP contribution in [0.2, 0.25) is 10.0 Å². The van der Waals surface area contributed by atoms with Gasteiger partial charge in [0.05, 0.1) is 23.2 Å². The van der Waals surface area contributed by atoms with Gasteiger partial charge in [0.25, 0.3) is 17.3 Å². The number of nitrogens with one attached hydrogen (secondary N) is 3. The molecular weight excluding hydrogens is 647 g/mol. The number of ketones is 1. The van der Waals surface area contributed by atoms with E-state index in [0.717, 1.165) is 13.0 Å². The Kier molecular flexibility index (Phi) is 11.7. The molecule has 0 radical (unpaired) electrons. The van der Waals surface area contributed by atoms with E-state index in [-0.39, 0.29) is 10.6 Å². The lowest BCUT2D eigenvalue weighted by Crippen LogP contribution is -2.59. The number of hydrogen-bond donors (Lipinski definition) is 4. The minimum atomic E-state index is -5.62. The number of Topliss-reactive ketones (excluding diaryl/α,β-unsaturated/α-hetero) is 1. The number of carbonyl (C=O) groups is 4. The lowest BCUT2D eigenvalue weighted by molar-refractivity contribution is -0.257. The molecular formula is C27H27Cl2F6N3O6. The SMILES string of the molecule is COc1ccc([C@H](NC(=O)[C@H](C)NC(=O)C(O)(c2ccc(Cl)c(Cl)c2)C(F)(F)F)C(=O)N[C@H](C(=O)C(F)(F)F)C(C)C)cc1. The van der Waals surface area contributed by atoms with E-state index in [9.17, 15) is 50.6 Å². The molecule has 0 spiro atoms. The first kappa shape index (κ1) is 36.6. The first-order valence-corrected chi connectivity index (χ1v) is 13.3. The summed E-state index contributed by atoms with van der Waals surface area (Å²) in [6, 6.07) is 1.71. The molecule has 0 aliphatic carbocycles. The summed E-state index contributed by atoms with van der Waals surface area (Å²) in [7, 11) is 1.32. The maximum atomic E-state index is 14.0. The van der Waals surface area contributed by atoms with E-state index in [0.29, 0.717) is 17.9 Å². The highest BCUT2D eigenvalue weighted by molar-refractivity contribution is 6.42. The van der Waals surface area contributed by atoms with Crippen LogP contribution in [0.3, 0.4) is 0 Å². The van der Waals surface area contributed by atoms with Crippen molar-refractivity contribution in [3.63, 3.8) is 0 Å². The van der Waals surface area contributed by atoms with Crippen molar-refractivity contribution in [1.82, 2.24) is 16.0 Å². The standard InChI is InChI=1S/C27H27Cl2F6N3O6/c1-12(2)19(21(39)26(30,31)32)37-23(41)20(14-5-8-16(44-4)9-6-14)38-22(40)13(3)36-24(42)25(43,27(33,34)35)15-7-10-17(28)18(29)11-15/h5-13,19-20,43H,1-4H3,(H,36,42)(H,37,41)(H,38,40)/t13-,19-,20-,25?/m0/s1. The molecule has 0 saturated carbocycles. The second-order valence-electron chi connectivity index (χ2n) is 9.84. The Balaban J connectivity index is 2.40. The van der Waals surface area contributed by atoms with E-state index in [1.165, 1.54) is 45.2 Å². The maximum Gasteiger partial charge on any atom is 0.452 e. The number of hydrogen-bond acceptors (Lipinski definition) is 6. The second kappa shape index (κ2) is 14.0. The molecule has 1 unspecified atom stereocenters. The van der Waals surface area contributed by atoms with Crippen LogP contribution in [-0.4, -0.2) is 60.2 Å². The Bertz CT molecular complexity index is 1390. The van der Waals surface area contributed by atoms with Crippen LogP contribution in [0, 0.1) is 5.92 Å². The Morgan fingerprint density at radius 1 is 0.818 bits per heavy atom. The van der Waals surface area contributed by atoms with E-state index in [2.05, 4.69) is 5.32 Å². The Morgan fingerprint density at radius 3 is 1.84 bits per heavy atom. The van der Waals surface area contributed by atoms with Crippen molar-refractivity contribution in [3.05, 3.63) is 63.6 Å². The number of methoxy groups -OCH3 is 1. The van der Waals surface area contributed by atoms with Gasteiger partial charge in [-0.05, 0) is 42.7 Å². The minimum absolute atomic E-state index is 0.0280. The van der Waals surface area contributed by atoms with Gasteiger partial charge in [-0.3, -0.25) is 19.2 Å². The molecule has 2 aromatic carbocycles. The van der Waals surface area contributed by atoms with E-state index in [1.54, 1.807) is 5.32 Å². The monoisotopic (exact) mass is 673 g/mol. The molecule has 0 aliphatic rings. The fourth-order valence-corrected chi connectivity index (χ4v) is 4.12. The highest BCUT2D eigenvalue weighted by atomic mass is 35.5. The smallest absolute Gasteiger partial charge is 0.452 e. The first-order chi connectivity index (χ1) is 20.1. The van der Waals surface area contributed by atoms with Crippen LogP contribution in [0.25, 0.3) is 0 Å². The van der Waals surface area contributed by atoms with E-state index >= 15 is 0 Å². The molecule has 0 bridgehead atoms. The molecule has 0 saturated heterocycles. The predicted octanol–water partition coefficient (Wildman–Crippen LogP) is 4.39. The Morgan fingerprint density at radius 2 is 1.39 bits per heavy atom. The quantitative estimate of drug-likeness (QED) is 0.262. The molecule has 0 heterocycles. The number of amides is 3. The van der Waals surface area contributed by atoms with Gasteiger partial charge in [0.15, 0.2) is 0 Å². The average molecular weight is 674 g/mol. The van der Waals surface area contributed by atoms with Crippen molar-refractivity contribution in [2.75, 3.05) is 7.11 Å². The predicted molar refractivity (Wildman–Crippen MR) is 146 cm³/mol. The third-order valence-electron chi connectivity index (χ3n) is 6.34. The number of benzene rings is 2. The fraction of sp³-hybridized carbons (Fsp3) is 0.407. The summed E-state index contributed by atoms with van der Waals surface area (Å²) >= 11 is 11.5. The maximum absolute atomic E-state index is 14.0. The lowest BCUT2D eigenvalue weighted by atomic mass is 9.91. The number of carbonyl (C=O) groups excluding carboxylic acids is 4. The van der Waals surface area contributed by atoms with E-state index < -0.39 is 76.1 Å². The molecule has 0 aromatic heterocycles. The molecule has 9 nitrogen and oxygen atoms in total. The summed E-state index contributed by atoms with van der Waals surface area (Å²) in [5.74, 6) is -7.65. The minimum Gasteiger partial charge on any atom is -0.497 e. The zero-order valence-corrected chi connectivity index (χ0v) is 24.9. The Hall–Kier alpha value is -3.56. The van der Waals surface area contributed by atoms with Crippen molar-refractivity contribution in [1.29, 1.82) is 0 Å². The molecule has 0 aliphatic heterocycles. The molecule has 17 heteroatoms. The molecule has 44 heavy (non-hydrogen) atoms. The highest BCUT2D eigenvalue weighted by Gasteiger charge is 2.61. The fourth-order valence-electron chi connectivity index (χ4n) is 3.82. The van der Waals surface area contributed by atoms with Crippen LogP contribution >= 0.6 is 23.2 Å². The van der Waals surface area contributed by atoms with Crippen LogP contribution in [0.4, 0.5) is 26.3 Å². The number of rotatable bonds is 11. The summed E-state index contributed by atoms with van der Waals surface area (Å²) in [6.45, 7) is 3.40. The third kappa shape index (κ3) is 8.33. The second-order valence-corrected chi connectivity index (χ2v) is 10.7. The number of ether oxygens (including phenoxy) is 1. The van der Waals surface area contributed by atoms with Gasteiger partial charge in [-0.1, -0.05) is 55.2 Å². The van der Waals surface area contributed by atoms with Crippen molar-refractivity contribution < 1.29 is 55.4 Å². The van der Waals surface area contributed by atoms with Crippen LogP contribution in [0.5, 0.6) is 5.75 Å². The van der Waals surface area contributed by atoms with Gasteiger partial charge >= 0.3 is 12.4 Å². The van der Waals surface area contributed by atoms with Crippen molar-refractivity contribution in [2.24, 2.45) is 5.92 Å². The largest absolute Gasteiger partial charge is 0.497 e. The van der Waals surface area contributed by atoms with Gasteiger partial charge < -0.3 is 25.8 Å². The molecule has 4 atom stereocenters. The normalized spacial score (nSPS) is 15.4. The van der Waals surface area contributed by atoms with Crippen molar-refractivity contribution in [3.8, 4) is 5.75 Å². The number of alkyl halides is 6. The highest BCUT2D eigenvalue weighted by Crippen LogP contribution is 2.41. The molecule has 2 rings (SSSR count). The Labute approximate surface area is 257 Å². The van der Waals surface area contributed by atoms with Crippen LogP contribution in [0.1, 0.15) is 37.9 Å². The van der Waals surface area contributed by atoms with E-state index in [4.69, 9.17) is 27.9 Å². The van der Waals surface area contributed by atoms with Gasteiger partial charge in [-0.15, -0.1) is 0 Å². The molecule has 2 aromatic rings. The van der Waals surface area contributed by atoms with Crippen LogP contribution < -0.4 is 20.7 Å². The first-order valence-electron chi connectivity index (χ1n) is 12.6. The average Bonchev–Trinajstić information content (AvgIpc) is 2.93. The molecule has 3 amide bonds. The summed E-state index contributed by atoms with van der Waals surface area (Å²) in [5, 5.41) is 15.8. The van der Waals surface area contributed by atoms with Gasteiger partial charge in [0, 0.05) is 5.56 Å². The van der Waals surface area contributed by atoms with Crippen LogP contribution in [-0.2, 0) is 24.8 Å². The summed E-state index contributed by atoms with van der Waals surface area (Å²) in [5.41, 5.74) is -5.25. The molecule has 242 valence electrons. The zero-order chi connectivity index (χ0) is 33.8. The van der Waals surface area contributed by atoms with Gasteiger partial charge in [0.1, 0.15) is 17.8 Å². The van der Waals surface area contributed by atoms with Gasteiger partial charge in [-0.2, -0.15) is 26.3 Å². The molecule has 4 N–H and O–H groups in total. The number of halogens is 8. The van der Waals surface area contributed by atoms with E-state index in [1.807, 2.05) is 5.32 Å². The zero-order valence-electron chi connectivity index (χ0n) is 23.4. The summed E-state index contributed by atoms with van der Waals surface area (Å²) < 4.78 is 86.5. The van der Waals surface area contributed by atoms with Crippen molar-refractivity contribution in [2.45, 2.75) is 56.9 Å². The van der Waals surface area contributed by atoms with Gasteiger partial charge in [0.2, 0.25) is 11.8 Å². The third-order valence-corrected chi connectivity index (χ3v) is 7.08. The topological polar surface area (TPSA) is 134 Å². The van der Waals surface area contributed by atoms with Crippen LogP contribution in [0.15, 0.2) is 42.5 Å². The lowest BCUT2D eigenvalue weighted by Gasteiger charge is -2.31. The summed E-state index contributed by atoms with van der Waals surface area (Å²) in [6.07, 6.45) is -10.9.